The molecule has 0 atom stereocenters. The molecule has 120 valence electrons. The van der Waals surface area contributed by atoms with Crippen LogP contribution in [0.1, 0.15) is 25.0 Å². The van der Waals surface area contributed by atoms with Gasteiger partial charge in [-0.1, -0.05) is 48.5 Å². The van der Waals surface area contributed by atoms with E-state index in [1.807, 2.05) is 38.2 Å². The van der Waals surface area contributed by atoms with E-state index in [-0.39, 0.29) is 0 Å². The average molecular weight is 309 g/mol. The van der Waals surface area contributed by atoms with Crippen LogP contribution in [-0.2, 0) is 13.1 Å². The first kappa shape index (κ1) is 15.7. The molecular formula is C19H23N3O. The van der Waals surface area contributed by atoms with Crippen LogP contribution in [0.2, 0.25) is 0 Å². The standard InChI is InChI=1S/C19H23N3O/c1-19(2,23)14-22(12-15-7-4-3-5-8-15)13-17-10-6-9-16-11-20-21-18(16)17/h3-11,23H,12-14H2,1-2H3,(H,20,21). The second-order valence-corrected chi connectivity index (χ2v) is 6.69. The summed E-state index contributed by atoms with van der Waals surface area (Å²) in [5, 5.41) is 18.6. The highest BCUT2D eigenvalue weighted by atomic mass is 16.3. The van der Waals surface area contributed by atoms with E-state index in [1.165, 1.54) is 11.1 Å². The van der Waals surface area contributed by atoms with Crippen LogP contribution < -0.4 is 0 Å². The fraction of sp³-hybridized carbons (Fsp3) is 0.316. The van der Waals surface area contributed by atoms with E-state index in [1.54, 1.807) is 0 Å². The van der Waals surface area contributed by atoms with Crippen molar-refractivity contribution < 1.29 is 5.11 Å². The van der Waals surface area contributed by atoms with Crippen molar-refractivity contribution in [1.29, 1.82) is 0 Å². The Morgan fingerprint density at radius 3 is 2.57 bits per heavy atom. The predicted octanol–water partition coefficient (Wildman–Crippen LogP) is 3.34. The number of nitrogens with one attached hydrogen (secondary N) is 1. The molecular weight excluding hydrogens is 286 g/mol. The molecule has 4 nitrogen and oxygen atoms in total. The third-order valence-corrected chi connectivity index (χ3v) is 3.82. The molecule has 0 amide bonds. The molecule has 0 aliphatic carbocycles. The van der Waals surface area contributed by atoms with E-state index in [4.69, 9.17) is 0 Å². The first-order valence-electron chi connectivity index (χ1n) is 7.91. The number of aromatic amines is 1. The van der Waals surface area contributed by atoms with Crippen LogP contribution in [0.5, 0.6) is 0 Å². The van der Waals surface area contributed by atoms with Crippen LogP contribution in [0.15, 0.2) is 54.7 Å². The van der Waals surface area contributed by atoms with Crippen LogP contribution >= 0.6 is 0 Å². The van der Waals surface area contributed by atoms with Crippen molar-refractivity contribution in [2.24, 2.45) is 0 Å². The molecule has 0 aliphatic rings. The number of rotatable bonds is 6. The van der Waals surface area contributed by atoms with E-state index in [2.05, 4.69) is 45.4 Å². The Balaban J connectivity index is 1.84. The van der Waals surface area contributed by atoms with E-state index in [0.29, 0.717) is 6.54 Å². The molecule has 1 heterocycles. The number of nitrogens with zero attached hydrogens (tertiary/aromatic N) is 2. The summed E-state index contributed by atoms with van der Waals surface area (Å²) in [6.07, 6.45) is 1.84. The van der Waals surface area contributed by atoms with Gasteiger partial charge < -0.3 is 5.11 Å². The van der Waals surface area contributed by atoms with Crippen molar-refractivity contribution in [3.63, 3.8) is 0 Å². The first-order chi connectivity index (χ1) is 11.0. The molecule has 3 rings (SSSR count). The van der Waals surface area contributed by atoms with Gasteiger partial charge in [0.15, 0.2) is 0 Å². The van der Waals surface area contributed by atoms with Crippen molar-refractivity contribution in [2.75, 3.05) is 6.54 Å². The molecule has 0 aliphatic heterocycles. The number of benzene rings is 2. The highest BCUT2D eigenvalue weighted by Crippen LogP contribution is 2.20. The number of para-hydroxylation sites is 1. The summed E-state index contributed by atoms with van der Waals surface area (Å²) in [5.41, 5.74) is 2.77. The maximum absolute atomic E-state index is 10.3. The molecule has 0 unspecified atom stereocenters. The predicted molar refractivity (Wildman–Crippen MR) is 92.9 cm³/mol. The zero-order chi connectivity index (χ0) is 16.3. The lowest BCUT2D eigenvalue weighted by atomic mass is 10.1. The van der Waals surface area contributed by atoms with Crippen molar-refractivity contribution >= 4 is 10.9 Å². The highest BCUT2D eigenvalue weighted by molar-refractivity contribution is 5.81. The van der Waals surface area contributed by atoms with Crippen LogP contribution in [0.25, 0.3) is 10.9 Å². The van der Waals surface area contributed by atoms with Crippen molar-refractivity contribution in [1.82, 2.24) is 15.1 Å². The van der Waals surface area contributed by atoms with Gasteiger partial charge in [0.25, 0.3) is 0 Å². The zero-order valence-electron chi connectivity index (χ0n) is 13.7. The minimum Gasteiger partial charge on any atom is -0.389 e. The van der Waals surface area contributed by atoms with E-state index >= 15 is 0 Å². The Kier molecular flexibility index (Phi) is 4.46. The SMILES string of the molecule is CC(C)(O)CN(Cc1ccccc1)Cc1cccc2cn[nH]c12. The fourth-order valence-corrected chi connectivity index (χ4v) is 2.96. The first-order valence-corrected chi connectivity index (χ1v) is 7.91. The highest BCUT2D eigenvalue weighted by Gasteiger charge is 2.19. The number of aliphatic hydroxyl groups is 1. The molecule has 23 heavy (non-hydrogen) atoms. The molecule has 0 spiro atoms. The Bertz CT molecular complexity index is 759. The largest absolute Gasteiger partial charge is 0.389 e. The molecule has 1 aromatic heterocycles. The Hall–Kier alpha value is -2.17. The number of H-pyrrole nitrogens is 1. The molecule has 0 saturated heterocycles. The molecule has 4 heteroatoms. The molecule has 3 aromatic rings. The number of fused-ring (bicyclic) bond motifs is 1. The van der Waals surface area contributed by atoms with Gasteiger partial charge in [-0.25, -0.2) is 0 Å². The summed E-state index contributed by atoms with van der Waals surface area (Å²) < 4.78 is 0. The second-order valence-electron chi connectivity index (χ2n) is 6.69. The van der Waals surface area contributed by atoms with Gasteiger partial charge in [0, 0.05) is 25.0 Å². The van der Waals surface area contributed by atoms with E-state index in [0.717, 1.165) is 24.0 Å². The van der Waals surface area contributed by atoms with Gasteiger partial charge in [0.1, 0.15) is 0 Å². The van der Waals surface area contributed by atoms with Gasteiger partial charge in [-0.2, -0.15) is 5.10 Å². The quantitative estimate of drug-likeness (QED) is 0.734. The lowest BCUT2D eigenvalue weighted by Crippen LogP contribution is -2.37. The van der Waals surface area contributed by atoms with Gasteiger partial charge in [-0.05, 0) is 25.0 Å². The lowest BCUT2D eigenvalue weighted by molar-refractivity contribution is 0.0308. The topological polar surface area (TPSA) is 52.1 Å². The molecule has 0 fully saturated rings. The average Bonchev–Trinajstić information content (AvgIpc) is 2.96. The monoisotopic (exact) mass is 309 g/mol. The molecule has 2 aromatic carbocycles. The van der Waals surface area contributed by atoms with Crippen LogP contribution in [0, 0.1) is 0 Å². The zero-order valence-corrected chi connectivity index (χ0v) is 13.7. The van der Waals surface area contributed by atoms with Gasteiger partial charge in [0.05, 0.1) is 17.3 Å². The van der Waals surface area contributed by atoms with Crippen molar-refractivity contribution in [3.8, 4) is 0 Å². The summed E-state index contributed by atoms with van der Waals surface area (Å²) in [7, 11) is 0. The van der Waals surface area contributed by atoms with Crippen molar-refractivity contribution in [3.05, 3.63) is 65.9 Å². The number of hydrogen-bond acceptors (Lipinski definition) is 3. The second kappa shape index (κ2) is 6.52. The Labute approximate surface area is 136 Å². The number of hydrogen-bond donors (Lipinski definition) is 2. The minimum absolute atomic E-state index is 0.604. The van der Waals surface area contributed by atoms with E-state index in [9.17, 15) is 5.11 Å². The van der Waals surface area contributed by atoms with E-state index < -0.39 is 5.60 Å². The molecule has 0 radical (unpaired) electrons. The van der Waals surface area contributed by atoms with Crippen molar-refractivity contribution in [2.45, 2.75) is 32.5 Å². The minimum atomic E-state index is -0.739. The van der Waals surface area contributed by atoms with Crippen LogP contribution in [-0.4, -0.2) is 32.3 Å². The maximum atomic E-state index is 10.3. The van der Waals surface area contributed by atoms with Gasteiger partial charge in [-0.15, -0.1) is 0 Å². The van der Waals surface area contributed by atoms with Crippen LogP contribution in [0.4, 0.5) is 0 Å². The molecule has 2 N–H and O–H groups in total. The Morgan fingerprint density at radius 2 is 1.83 bits per heavy atom. The van der Waals surface area contributed by atoms with Gasteiger partial charge >= 0.3 is 0 Å². The summed E-state index contributed by atoms with van der Waals surface area (Å²) in [6.45, 7) is 5.86. The smallest absolute Gasteiger partial charge is 0.0718 e. The molecule has 0 bridgehead atoms. The summed E-state index contributed by atoms with van der Waals surface area (Å²) >= 11 is 0. The third kappa shape index (κ3) is 4.18. The summed E-state index contributed by atoms with van der Waals surface area (Å²) in [6, 6.07) is 16.6. The summed E-state index contributed by atoms with van der Waals surface area (Å²) in [5.74, 6) is 0. The van der Waals surface area contributed by atoms with Gasteiger partial charge in [0.2, 0.25) is 0 Å². The maximum Gasteiger partial charge on any atom is 0.0718 e. The molecule has 0 saturated carbocycles. The van der Waals surface area contributed by atoms with Gasteiger partial charge in [-0.3, -0.25) is 10.00 Å². The number of aromatic nitrogens is 2. The lowest BCUT2D eigenvalue weighted by Gasteiger charge is -2.29. The summed E-state index contributed by atoms with van der Waals surface area (Å²) in [4.78, 5) is 2.27. The Morgan fingerprint density at radius 1 is 1.04 bits per heavy atom. The third-order valence-electron chi connectivity index (χ3n) is 3.82. The fourth-order valence-electron chi connectivity index (χ4n) is 2.96. The van der Waals surface area contributed by atoms with Crippen LogP contribution in [0.3, 0.4) is 0 Å². The normalized spacial score (nSPS) is 12.2.